The van der Waals surface area contributed by atoms with Crippen LogP contribution < -0.4 is 10.6 Å². The average Bonchev–Trinajstić information content (AvgIpc) is 3.47. The van der Waals surface area contributed by atoms with Crippen molar-refractivity contribution in [2.24, 2.45) is 0 Å². The van der Waals surface area contributed by atoms with Crippen molar-refractivity contribution in [2.75, 3.05) is 0 Å². The summed E-state index contributed by atoms with van der Waals surface area (Å²) in [5.41, 5.74) is 4.89. The van der Waals surface area contributed by atoms with Gasteiger partial charge in [-0.1, -0.05) is 24.3 Å². The molecule has 8 heteroatoms. The number of carbonyl (C=O) groups is 2. The van der Waals surface area contributed by atoms with Crippen molar-refractivity contribution in [3.63, 3.8) is 0 Å². The summed E-state index contributed by atoms with van der Waals surface area (Å²) in [7, 11) is 0. The molecule has 3 aromatic carbocycles. The second kappa shape index (κ2) is 10.0. The molecule has 0 fully saturated rings. The largest absolute Gasteiger partial charge is 0.345 e. The summed E-state index contributed by atoms with van der Waals surface area (Å²) in [5.74, 6) is 1.18. The van der Waals surface area contributed by atoms with Crippen molar-refractivity contribution >= 4 is 33.9 Å². The van der Waals surface area contributed by atoms with E-state index in [1.165, 1.54) is 0 Å². The van der Waals surface area contributed by atoms with Gasteiger partial charge in [-0.05, 0) is 62.4 Å². The molecule has 8 nitrogen and oxygen atoms in total. The number of hydrogen-bond donors (Lipinski definition) is 2. The van der Waals surface area contributed by atoms with Crippen LogP contribution in [0.3, 0.4) is 0 Å². The zero-order valence-electron chi connectivity index (χ0n) is 20.4. The standard InChI is InChI=1S/C28H28N6O2/c1-3-33-23-11-7-5-9-21(23)31-25(33)17-29-27(35)19-13-15-20(16-14-19)28(36)30-18-26-32-22-10-6-8-12-24(22)34(26)4-2/h5-16H,3-4,17-18H2,1-2H3,(H,29,35)(H,30,36). The van der Waals surface area contributed by atoms with Crippen LogP contribution in [0.15, 0.2) is 72.8 Å². The number of nitrogens with zero attached hydrogens (tertiary/aromatic N) is 4. The van der Waals surface area contributed by atoms with E-state index in [0.717, 1.165) is 46.8 Å². The van der Waals surface area contributed by atoms with Crippen molar-refractivity contribution in [1.82, 2.24) is 29.7 Å². The molecule has 0 spiro atoms. The molecule has 36 heavy (non-hydrogen) atoms. The van der Waals surface area contributed by atoms with Crippen LogP contribution in [0.2, 0.25) is 0 Å². The van der Waals surface area contributed by atoms with Gasteiger partial charge in [-0.2, -0.15) is 0 Å². The molecule has 2 heterocycles. The van der Waals surface area contributed by atoms with Gasteiger partial charge in [0.25, 0.3) is 11.8 Å². The lowest BCUT2D eigenvalue weighted by Crippen LogP contribution is -2.26. The fourth-order valence-corrected chi connectivity index (χ4v) is 4.52. The number of benzene rings is 3. The number of fused-ring (bicyclic) bond motifs is 2. The monoisotopic (exact) mass is 480 g/mol. The third-order valence-electron chi connectivity index (χ3n) is 6.32. The number of hydrogen-bond acceptors (Lipinski definition) is 4. The third kappa shape index (κ3) is 4.45. The Hall–Kier alpha value is -4.46. The molecule has 0 atom stereocenters. The maximum atomic E-state index is 12.7. The second-order valence-electron chi connectivity index (χ2n) is 8.46. The Bertz CT molecular complexity index is 1430. The minimum Gasteiger partial charge on any atom is -0.345 e. The van der Waals surface area contributed by atoms with Crippen molar-refractivity contribution in [3.05, 3.63) is 95.6 Å². The predicted molar refractivity (Wildman–Crippen MR) is 140 cm³/mol. The van der Waals surface area contributed by atoms with E-state index < -0.39 is 0 Å². The van der Waals surface area contributed by atoms with Crippen molar-refractivity contribution in [3.8, 4) is 0 Å². The highest BCUT2D eigenvalue weighted by Gasteiger charge is 2.14. The maximum Gasteiger partial charge on any atom is 0.251 e. The third-order valence-corrected chi connectivity index (χ3v) is 6.32. The summed E-state index contributed by atoms with van der Waals surface area (Å²) in [6, 6.07) is 22.5. The van der Waals surface area contributed by atoms with Gasteiger partial charge in [0.15, 0.2) is 0 Å². The molecular formula is C28H28N6O2. The normalized spacial score (nSPS) is 11.2. The molecule has 182 valence electrons. The Kier molecular flexibility index (Phi) is 6.49. The molecule has 0 aliphatic heterocycles. The van der Waals surface area contributed by atoms with Crippen LogP contribution in [0.4, 0.5) is 0 Å². The first-order valence-electron chi connectivity index (χ1n) is 12.1. The first-order valence-corrected chi connectivity index (χ1v) is 12.1. The Morgan fingerprint density at radius 2 is 1.03 bits per heavy atom. The molecule has 0 aliphatic carbocycles. The van der Waals surface area contributed by atoms with E-state index >= 15 is 0 Å². The molecule has 0 radical (unpaired) electrons. The van der Waals surface area contributed by atoms with E-state index in [2.05, 4.69) is 43.6 Å². The van der Waals surface area contributed by atoms with Crippen molar-refractivity contribution in [1.29, 1.82) is 0 Å². The molecule has 2 N–H and O–H groups in total. The maximum absolute atomic E-state index is 12.7. The zero-order chi connectivity index (χ0) is 25.1. The van der Waals surface area contributed by atoms with Crippen LogP contribution in [-0.4, -0.2) is 30.9 Å². The van der Waals surface area contributed by atoms with Crippen LogP contribution in [-0.2, 0) is 26.2 Å². The summed E-state index contributed by atoms with van der Waals surface area (Å²) >= 11 is 0. The van der Waals surface area contributed by atoms with Gasteiger partial charge in [0.05, 0.1) is 35.2 Å². The van der Waals surface area contributed by atoms with E-state index in [0.29, 0.717) is 24.2 Å². The SMILES string of the molecule is CCn1c(CNC(=O)c2ccc(C(=O)NCc3nc4ccccc4n3CC)cc2)nc2ccccc21. The number of imidazole rings is 2. The van der Waals surface area contributed by atoms with E-state index in [4.69, 9.17) is 0 Å². The van der Waals surface area contributed by atoms with Crippen molar-refractivity contribution < 1.29 is 9.59 Å². The molecule has 0 saturated heterocycles. The van der Waals surface area contributed by atoms with Gasteiger partial charge in [-0.3, -0.25) is 9.59 Å². The first kappa shape index (κ1) is 23.3. The smallest absolute Gasteiger partial charge is 0.251 e. The fraction of sp³-hybridized carbons (Fsp3) is 0.214. The quantitative estimate of drug-likeness (QED) is 0.347. The van der Waals surface area contributed by atoms with Gasteiger partial charge < -0.3 is 19.8 Å². The van der Waals surface area contributed by atoms with E-state index in [1.807, 2.05) is 48.5 Å². The minimum atomic E-state index is -0.215. The molecule has 5 rings (SSSR count). The Morgan fingerprint density at radius 3 is 1.42 bits per heavy atom. The average molecular weight is 481 g/mol. The Labute approximate surface area is 209 Å². The van der Waals surface area contributed by atoms with E-state index in [1.54, 1.807) is 24.3 Å². The number of rotatable bonds is 8. The number of para-hydroxylation sites is 4. The lowest BCUT2D eigenvalue weighted by molar-refractivity contribution is 0.0938. The highest BCUT2D eigenvalue weighted by molar-refractivity contribution is 5.97. The lowest BCUT2D eigenvalue weighted by atomic mass is 10.1. The molecule has 2 amide bonds. The highest BCUT2D eigenvalue weighted by Crippen LogP contribution is 2.17. The number of amides is 2. The van der Waals surface area contributed by atoms with Gasteiger partial charge in [0.1, 0.15) is 11.6 Å². The minimum absolute atomic E-state index is 0.215. The number of carbonyl (C=O) groups excluding carboxylic acids is 2. The van der Waals surface area contributed by atoms with Crippen LogP contribution >= 0.6 is 0 Å². The first-order chi connectivity index (χ1) is 17.6. The number of nitrogens with one attached hydrogen (secondary N) is 2. The van der Waals surface area contributed by atoms with E-state index in [-0.39, 0.29) is 11.8 Å². The summed E-state index contributed by atoms with van der Waals surface area (Å²) in [6.45, 7) is 6.29. The second-order valence-corrected chi connectivity index (χ2v) is 8.46. The Morgan fingerprint density at radius 1 is 0.639 bits per heavy atom. The fourth-order valence-electron chi connectivity index (χ4n) is 4.52. The summed E-state index contributed by atoms with van der Waals surface area (Å²) < 4.78 is 4.19. The van der Waals surface area contributed by atoms with Gasteiger partial charge >= 0.3 is 0 Å². The van der Waals surface area contributed by atoms with Crippen LogP contribution in [0.5, 0.6) is 0 Å². The summed E-state index contributed by atoms with van der Waals surface area (Å²) in [5, 5.41) is 5.88. The number of aromatic nitrogens is 4. The van der Waals surface area contributed by atoms with E-state index in [9.17, 15) is 9.59 Å². The molecule has 0 aliphatic rings. The van der Waals surface area contributed by atoms with Crippen LogP contribution in [0.1, 0.15) is 46.2 Å². The predicted octanol–water partition coefficient (Wildman–Crippen LogP) is 4.29. The van der Waals surface area contributed by atoms with Gasteiger partial charge in [0, 0.05) is 24.2 Å². The lowest BCUT2D eigenvalue weighted by Gasteiger charge is -2.09. The molecule has 0 saturated carbocycles. The molecule has 0 bridgehead atoms. The van der Waals surface area contributed by atoms with Crippen LogP contribution in [0, 0.1) is 0 Å². The molecule has 0 unspecified atom stereocenters. The summed E-state index contributed by atoms with van der Waals surface area (Å²) in [4.78, 5) is 34.7. The van der Waals surface area contributed by atoms with Gasteiger partial charge in [-0.25, -0.2) is 9.97 Å². The topological polar surface area (TPSA) is 93.8 Å². The van der Waals surface area contributed by atoms with Gasteiger partial charge in [-0.15, -0.1) is 0 Å². The Balaban J connectivity index is 1.21. The van der Waals surface area contributed by atoms with Gasteiger partial charge in [0.2, 0.25) is 0 Å². The highest BCUT2D eigenvalue weighted by atomic mass is 16.2. The molecular weight excluding hydrogens is 452 g/mol. The summed E-state index contributed by atoms with van der Waals surface area (Å²) in [6.07, 6.45) is 0. The van der Waals surface area contributed by atoms with Crippen molar-refractivity contribution in [2.45, 2.75) is 40.0 Å². The molecule has 2 aromatic heterocycles. The van der Waals surface area contributed by atoms with Crippen LogP contribution in [0.25, 0.3) is 22.1 Å². The zero-order valence-corrected chi connectivity index (χ0v) is 20.4. The number of aryl methyl sites for hydroxylation is 2. The molecule has 5 aromatic rings.